The maximum Gasteiger partial charge on any atom is 0.249 e. The van der Waals surface area contributed by atoms with Gasteiger partial charge in [-0.15, -0.1) is 0 Å². The maximum atomic E-state index is 12.0. The molecule has 0 aromatic heterocycles. The summed E-state index contributed by atoms with van der Waals surface area (Å²) in [5, 5.41) is 3.55. The zero-order chi connectivity index (χ0) is 19.4. The van der Waals surface area contributed by atoms with Crippen molar-refractivity contribution >= 4 is 23.2 Å². The van der Waals surface area contributed by atoms with Gasteiger partial charge in [-0.1, -0.05) is 45.9 Å². The molecule has 0 saturated heterocycles. The molecule has 144 valence electrons. The van der Waals surface area contributed by atoms with Crippen molar-refractivity contribution in [3.8, 4) is 0 Å². The van der Waals surface area contributed by atoms with Crippen LogP contribution in [0.25, 0.3) is 5.57 Å². The third-order valence-corrected chi connectivity index (χ3v) is 6.05. The number of carbonyl (C=O) groups excluding carboxylic acids is 1. The Morgan fingerprint density at radius 2 is 2.08 bits per heavy atom. The first kappa shape index (κ1) is 21.0. The Morgan fingerprint density at radius 1 is 1.35 bits per heavy atom. The van der Waals surface area contributed by atoms with Gasteiger partial charge in [0.25, 0.3) is 0 Å². The van der Waals surface area contributed by atoms with E-state index in [-0.39, 0.29) is 11.3 Å². The normalized spacial score (nSPS) is 17.0. The average molecular weight is 375 g/mol. The second-order valence-corrected chi connectivity index (χ2v) is 9.76. The number of primary amides is 1. The van der Waals surface area contributed by atoms with Crippen molar-refractivity contribution in [2.45, 2.75) is 52.4 Å². The molecule has 3 nitrogen and oxygen atoms in total. The van der Waals surface area contributed by atoms with Gasteiger partial charge in [-0.05, 0) is 53.7 Å². The number of hydrogen-bond donors (Lipinski definition) is 2. The van der Waals surface area contributed by atoms with E-state index in [0.717, 1.165) is 43.7 Å². The van der Waals surface area contributed by atoms with Gasteiger partial charge in [0.15, 0.2) is 0 Å². The first-order chi connectivity index (χ1) is 12.2. The van der Waals surface area contributed by atoms with Gasteiger partial charge in [0.05, 0.1) is 0 Å². The number of benzene rings is 1. The van der Waals surface area contributed by atoms with E-state index in [9.17, 15) is 4.79 Å². The van der Waals surface area contributed by atoms with Crippen LogP contribution in [0.2, 0.25) is 0 Å². The Bertz CT molecular complexity index is 677. The summed E-state index contributed by atoms with van der Waals surface area (Å²) in [5.74, 6) is 0.776. The van der Waals surface area contributed by atoms with Crippen LogP contribution in [0, 0.1) is 5.41 Å². The van der Waals surface area contributed by atoms with Crippen molar-refractivity contribution in [3.63, 3.8) is 0 Å². The molecule has 26 heavy (non-hydrogen) atoms. The summed E-state index contributed by atoms with van der Waals surface area (Å²) in [4.78, 5) is 12.0. The van der Waals surface area contributed by atoms with Crippen molar-refractivity contribution in [1.82, 2.24) is 5.32 Å². The van der Waals surface area contributed by atoms with E-state index in [1.807, 2.05) is 17.8 Å². The Balaban J connectivity index is 2.31. The molecule has 1 aliphatic carbocycles. The highest BCUT2D eigenvalue weighted by Crippen LogP contribution is 2.39. The van der Waals surface area contributed by atoms with Gasteiger partial charge in [-0.3, -0.25) is 4.79 Å². The summed E-state index contributed by atoms with van der Waals surface area (Å²) in [5.41, 5.74) is 10.2. The van der Waals surface area contributed by atoms with E-state index in [0.29, 0.717) is 11.0 Å². The van der Waals surface area contributed by atoms with Crippen LogP contribution in [0.4, 0.5) is 0 Å². The Kier molecular flexibility index (Phi) is 6.98. The van der Waals surface area contributed by atoms with Crippen LogP contribution >= 0.6 is 11.8 Å². The summed E-state index contributed by atoms with van der Waals surface area (Å²) < 4.78 is 0. The predicted molar refractivity (Wildman–Crippen MR) is 115 cm³/mol. The minimum atomic E-state index is -0.340. The number of rotatable bonds is 8. The lowest BCUT2D eigenvalue weighted by atomic mass is 9.75. The third-order valence-electron chi connectivity index (χ3n) is 5.43. The molecule has 0 unspecified atom stereocenters. The fraction of sp³-hybridized carbons (Fsp3) is 0.591. The van der Waals surface area contributed by atoms with Crippen molar-refractivity contribution in [3.05, 3.63) is 41.0 Å². The lowest BCUT2D eigenvalue weighted by Gasteiger charge is -2.31. The van der Waals surface area contributed by atoms with Crippen LogP contribution in [0.1, 0.15) is 68.4 Å². The van der Waals surface area contributed by atoms with E-state index in [1.54, 1.807) is 0 Å². The summed E-state index contributed by atoms with van der Waals surface area (Å²) in [6.45, 7) is 11.0. The van der Waals surface area contributed by atoms with Crippen molar-refractivity contribution in [2.24, 2.45) is 11.1 Å². The van der Waals surface area contributed by atoms with Crippen LogP contribution in [0.3, 0.4) is 0 Å². The summed E-state index contributed by atoms with van der Waals surface area (Å²) >= 11 is 1.85. The minimum absolute atomic E-state index is 0.00215. The maximum absolute atomic E-state index is 12.0. The Labute approximate surface area is 163 Å². The molecular formula is C22H34N2OS. The molecule has 1 aromatic carbocycles. The number of thioether (sulfide) groups is 1. The highest BCUT2D eigenvalue weighted by Gasteiger charge is 2.26. The molecule has 2 rings (SSSR count). The van der Waals surface area contributed by atoms with Crippen molar-refractivity contribution < 1.29 is 4.79 Å². The molecular weight excluding hydrogens is 340 g/mol. The Morgan fingerprint density at radius 3 is 2.65 bits per heavy atom. The lowest BCUT2D eigenvalue weighted by Crippen LogP contribution is -2.34. The SMILES string of the molecule is CSCCNCC(C)(C)c1ccc(C(N)=O)c(C2=CCC(C)(C)CC2)c1. The van der Waals surface area contributed by atoms with Gasteiger partial charge in [-0.2, -0.15) is 11.8 Å². The molecule has 0 radical (unpaired) electrons. The molecule has 1 amide bonds. The van der Waals surface area contributed by atoms with E-state index < -0.39 is 0 Å². The molecule has 0 bridgehead atoms. The number of nitrogens with one attached hydrogen (secondary N) is 1. The third kappa shape index (κ3) is 5.37. The molecule has 4 heteroatoms. The van der Waals surface area contributed by atoms with Crippen LogP contribution in [0.15, 0.2) is 24.3 Å². The summed E-state index contributed by atoms with van der Waals surface area (Å²) in [7, 11) is 0. The highest BCUT2D eigenvalue weighted by molar-refractivity contribution is 7.98. The summed E-state index contributed by atoms with van der Waals surface area (Å²) in [6.07, 6.45) is 7.62. The number of amides is 1. The fourth-order valence-electron chi connectivity index (χ4n) is 3.44. The topological polar surface area (TPSA) is 55.1 Å². The van der Waals surface area contributed by atoms with Gasteiger partial charge in [0.1, 0.15) is 0 Å². The van der Waals surface area contributed by atoms with Crippen LogP contribution in [-0.4, -0.2) is 31.0 Å². The zero-order valence-corrected chi connectivity index (χ0v) is 17.8. The standard InChI is InChI=1S/C22H34N2OS/c1-21(2)10-8-16(9-11-21)19-14-17(6-7-18(19)20(23)25)22(3,4)15-24-12-13-26-5/h6-8,14,24H,9-13,15H2,1-5H3,(H2,23,25). The van der Waals surface area contributed by atoms with Crippen molar-refractivity contribution in [1.29, 1.82) is 0 Å². The van der Waals surface area contributed by atoms with Crippen LogP contribution < -0.4 is 11.1 Å². The van der Waals surface area contributed by atoms with E-state index >= 15 is 0 Å². The smallest absolute Gasteiger partial charge is 0.249 e. The second kappa shape index (κ2) is 8.62. The molecule has 0 fully saturated rings. The van der Waals surface area contributed by atoms with Gasteiger partial charge >= 0.3 is 0 Å². The summed E-state index contributed by atoms with van der Waals surface area (Å²) in [6, 6.07) is 6.17. The fourth-order valence-corrected chi connectivity index (χ4v) is 3.79. The molecule has 0 aliphatic heterocycles. The van der Waals surface area contributed by atoms with E-state index in [2.05, 4.69) is 57.5 Å². The van der Waals surface area contributed by atoms with Gasteiger partial charge in [0.2, 0.25) is 5.91 Å². The second-order valence-electron chi connectivity index (χ2n) is 8.78. The lowest BCUT2D eigenvalue weighted by molar-refractivity contribution is 0.1000. The van der Waals surface area contributed by atoms with Gasteiger partial charge in [-0.25, -0.2) is 0 Å². The van der Waals surface area contributed by atoms with E-state index in [4.69, 9.17) is 5.73 Å². The quantitative estimate of drug-likeness (QED) is 0.653. The first-order valence-electron chi connectivity index (χ1n) is 9.50. The number of nitrogens with two attached hydrogens (primary N) is 1. The Hall–Kier alpha value is -1.26. The zero-order valence-electron chi connectivity index (χ0n) is 16.9. The molecule has 3 N–H and O–H groups in total. The average Bonchev–Trinajstić information content (AvgIpc) is 2.58. The molecule has 0 heterocycles. The number of hydrogen-bond acceptors (Lipinski definition) is 3. The minimum Gasteiger partial charge on any atom is -0.366 e. The highest BCUT2D eigenvalue weighted by atomic mass is 32.2. The molecule has 0 saturated carbocycles. The largest absolute Gasteiger partial charge is 0.366 e. The van der Waals surface area contributed by atoms with Crippen LogP contribution in [-0.2, 0) is 5.41 Å². The monoisotopic (exact) mass is 374 g/mol. The molecule has 0 spiro atoms. The van der Waals surface area contributed by atoms with Crippen LogP contribution in [0.5, 0.6) is 0 Å². The number of carbonyl (C=O) groups is 1. The predicted octanol–water partition coefficient (Wildman–Crippen LogP) is 4.61. The van der Waals surface area contributed by atoms with Gasteiger partial charge in [0, 0.05) is 29.8 Å². The first-order valence-corrected chi connectivity index (χ1v) is 10.9. The molecule has 1 aromatic rings. The van der Waals surface area contributed by atoms with Crippen molar-refractivity contribution in [2.75, 3.05) is 25.1 Å². The number of allylic oxidation sites excluding steroid dienone is 2. The van der Waals surface area contributed by atoms with E-state index in [1.165, 1.54) is 11.1 Å². The molecule has 0 atom stereocenters. The van der Waals surface area contributed by atoms with Gasteiger partial charge < -0.3 is 11.1 Å². The molecule has 1 aliphatic rings.